The number of fused-ring (bicyclic) bond motifs is 1. The summed E-state index contributed by atoms with van der Waals surface area (Å²) >= 11 is 0. The van der Waals surface area contributed by atoms with Crippen molar-refractivity contribution in [3.8, 4) is 11.4 Å². The first kappa shape index (κ1) is 17.7. The summed E-state index contributed by atoms with van der Waals surface area (Å²) in [5, 5.41) is 10.4. The number of nitrogens with zero attached hydrogens (tertiary/aromatic N) is 2. The van der Waals surface area contributed by atoms with Gasteiger partial charge in [-0.25, -0.2) is 9.78 Å². The third-order valence-electron chi connectivity index (χ3n) is 4.71. The molecule has 0 aliphatic carbocycles. The monoisotopic (exact) mass is 370 g/mol. The van der Waals surface area contributed by atoms with Crippen LogP contribution in [0.5, 0.6) is 0 Å². The molecule has 0 bridgehead atoms. The largest absolute Gasteiger partial charge is 0.480 e. The summed E-state index contributed by atoms with van der Waals surface area (Å²) in [4.78, 5) is 30.2. The van der Waals surface area contributed by atoms with Gasteiger partial charge in [-0.15, -0.1) is 0 Å². The average molecular weight is 370 g/mol. The summed E-state index contributed by atoms with van der Waals surface area (Å²) in [6, 6.07) is 24.4. The molecule has 1 unspecified atom stereocenters. The van der Waals surface area contributed by atoms with E-state index >= 15 is 0 Å². The van der Waals surface area contributed by atoms with Gasteiger partial charge in [0.2, 0.25) is 0 Å². The Morgan fingerprint density at radius 3 is 2.18 bits per heavy atom. The van der Waals surface area contributed by atoms with Crippen molar-refractivity contribution in [1.29, 1.82) is 0 Å². The minimum atomic E-state index is -1.07. The van der Waals surface area contributed by atoms with Gasteiger partial charge < -0.3 is 5.11 Å². The van der Waals surface area contributed by atoms with Gasteiger partial charge >= 0.3 is 5.97 Å². The van der Waals surface area contributed by atoms with Crippen LogP contribution in [0.3, 0.4) is 0 Å². The fourth-order valence-corrected chi connectivity index (χ4v) is 3.35. The highest BCUT2D eigenvalue weighted by Gasteiger charge is 2.26. The lowest BCUT2D eigenvalue weighted by atomic mass is 10.0. The molecular weight excluding hydrogens is 352 g/mol. The standard InChI is InChI=1S/C23H18N2O3/c26-22-18-13-7-8-14-19(18)24-21(17-11-5-2-6-12-17)25(22)20(23(27)28)15-16-9-3-1-4-10-16/h1-14,20H,15H2,(H,27,28). The van der Waals surface area contributed by atoms with Crippen molar-refractivity contribution in [2.45, 2.75) is 12.5 Å². The highest BCUT2D eigenvalue weighted by atomic mass is 16.4. The number of hydrogen-bond donors (Lipinski definition) is 1. The first-order valence-electron chi connectivity index (χ1n) is 8.98. The van der Waals surface area contributed by atoms with E-state index in [9.17, 15) is 14.7 Å². The lowest BCUT2D eigenvalue weighted by Gasteiger charge is -2.20. The second-order valence-electron chi connectivity index (χ2n) is 6.54. The van der Waals surface area contributed by atoms with E-state index in [1.54, 1.807) is 18.2 Å². The van der Waals surface area contributed by atoms with Crippen LogP contribution in [0.25, 0.3) is 22.3 Å². The molecule has 1 aromatic heterocycles. The number of aromatic nitrogens is 2. The lowest BCUT2D eigenvalue weighted by molar-refractivity contribution is -0.140. The molecule has 0 spiro atoms. The predicted octanol–water partition coefficient (Wildman–Crippen LogP) is 3.93. The first-order chi connectivity index (χ1) is 13.6. The molecule has 3 aromatic carbocycles. The van der Waals surface area contributed by atoms with Crippen molar-refractivity contribution in [3.63, 3.8) is 0 Å². The fraction of sp³-hybridized carbons (Fsp3) is 0.0870. The van der Waals surface area contributed by atoms with Crippen molar-refractivity contribution < 1.29 is 9.90 Å². The van der Waals surface area contributed by atoms with Gasteiger partial charge in [0.1, 0.15) is 11.9 Å². The Bertz CT molecular complexity index is 1180. The SMILES string of the molecule is O=C(O)C(Cc1ccccc1)n1c(-c2ccccc2)nc2ccccc2c1=O. The van der Waals surface area contributed by atoms with E-state index < -0.39 is 12.0 Å². The summed E-state index contributed by atoms with van der Waals surface area (Å²) in [6.07, 6.45) is 0.190. The molecule has 0 saturated carbocycles. The third kappa shape index (κ3) is 3.30. The van der Waals surface area contributed by atoms with Crippen LogP contribution in [-0.4, -0.2) is 20.6 Å². The molecule has 5 nitrogen and oxygen atoms in total. The molecule has 0 saturated heterocycles. The van der Waals surface area contributed by atoms with E-state index in [2.05, 4.69) is 4.98 Å². The van der Waals surface area contributed by atoms with Crippen molar-refractivity contribution >= 4 is 16.9 Å². The van der Waals surface area contributed by atoms with Crippen LogP contribution in [0.15, 0.2) is 89.7 Å². The Morgan fingerprint density at radius 2 is 1.50 bits per heavy atom. The van der Waals surface area contributed by atoms with Crippen LogP contribution < -0.4 is 5.56 Å². The van der Waals surface area contributed by atoms with Gasteiger partial charge in [0.15, 0.2) is 0 Å². The van der Waals surface area contributed by atoms with Crippen molar-refractivity contribution in [2.75, 3.05) is 0 Å². The van der Waals surface area contributed by atoms with Gasteiger partial charge in [-0.3, -0.25) is 9.36 Å². The number of aliphatic carboxylic acids is 1. The van der Waals surface area contributed by atoms with Crippen LogP contribution in [0.1, 0.15) is 11.6 Å². The second-order valence-corrected chi connectivity index (χ2v) is 6.54. The van der Waals surface area contributed by atoms with Crippen LogP contribution >= 0.6 is 0 Å². The number of carbonyl (C=O) groups is 1. The smallest absolute Gasteiger partial charge is 0.327 e. The van der Waals surface area contributed by atoms with E-state index in [0.29, 0.717) is 22.3 Å². The normalized spacial score (nSPS) is 12.0. The zero-order valence-corrected chi connectivity index (χ0v) is 15.0. The molecule has 0 aliphatic heterocycles. The zero-order valence-electron chi connectivity index (χ0n) is 15.0. The molecule has 0 radical (unpaired) electrons. The minimum absolute atomic E-state index is 0.190. The summed E-state index contributed by atoms with van der Waals surface area (Å²) in [7, 11) is 0. The van der Waals surface area contributed by atoms with Crippen LogP contribution in [0, 0.1) is 0 Å². The Labute approximate surface area is 161 Å². The van der Waals surface area contributed by atoms with Gasteiger partial charge in [-0.1, -0.05) is 72.8 Å². The summed E-state index contributed by atoms with van der Waals surface area (Å²) in [5.74, 6) is -0.715. The maximum absolute atomic E-state index is 13.3. The first-order valence-corrected chi connectivity index (χ1v) is 8.98. The summed E-state index contributed by atoms with van der Waals surface area (Å²) in [6.45, 7) is 0. The van der Waals surface area contributed by atoms with Gasteiger partial charge in [0.05, 0.1) is 10.9 Å². The van der Waals surface area contributed by atoms with E-state index in [4.69, 9.17) is 0 Å². The molecule has 4 aromatic rings. The van der Waals surface area contributed by atoms with Crippen LogP contribution in [0.4, 0.5) is 0 Å². The highest BCUT2D eigenvalue weighted by Crippen LogP contribution is 2.24. The maximum atomic E-state index is 13.3. The Hall–Kier alpha value is -3.73. The topological polar surface area (TPSA) is 72.2 Å². The minimum Gasteiger partial charge on any atom is -0.480 e. The molecule has 1 heterocycles. The number of carboxylic acid groups (broad SMARTS) is 1. The molecular formula is C23H18N2O3. The van der Waals surface area contributed by atoms with E-state index in [1.807, 2.05) is 66.7 Å². The second kappa shape index (κ2) is 7.48. The van der Waals surface area contributed by atoms with E-state index in [1.165, 1.54) is 4.57 Å². The summed E-state index contributed by atoms with van der Waals surface area (Å²) < 4.78 is 1.31. The zero-order chi connectivity index (χ0) is 19.5. The van der Waals surface area contributed by atoms with Gasteiger partial charge in [-0.2, -0.15) is 0 Å². The highest BCUT2D eigenvalue weighted by molar-refractivity contribution is 5.81. The Morgan fingerprint density at radius 1 is 0.893 bits per heavy atom. The number of para-hydroxylation sites is 1. The Balaban J connectivity index is 1.98. The van der Waals surface area contributed by atoms with Crippen molar-refractivity contribution in [3.05, 3.63) is 101 Å². The molecule has 1 atom stereocenters. The molecule has 5 heteroatoms. The number of hydrogen-bond acceptors (Lipinski definition) is 3. The van der Waals surface area contributed by atoms with Gasteiger partial charge in [0.25, 0.3) is 5.56 Å². The molecule has 0 amide bonds. The fourth-order valence-electron chi connectivity index (χ4n) is 3.35. The molecule has 0 aliphatic rings. The van der Waals surface area contributed by atoms with Crippen molar-refractivity contribution in [2.24, 2.45) is 0 Å². The van der Waals surface area contributed by atoms with E-state index in [-0.39, 0.29) is 12.0 Å². The van der Waals surface area contributed by atoms with Gasteiger partial charge in [-0.05, 0) is 17.7 Å². The molecule has 4 rings (SSSR count). The van der Waals surface area contributed by atoms with Gasteiger partial charge in [0, 0.05) is 12.0 Å². The number of rotatable bonds is 5. The Kier molecular flexibility index (Phi) is 4.72. The average Bonchev–Trinajstić information content (AvgIpc) is 2.74. The number of benzene rings is 3. The third-order valence-corrected chi connectivity index (χ3v) is 4.71. The van der Waals surface area contributed by atoms with Crippen LogP contribution in [-0.2, 0) is 11.2 Å². The quantitative estimate of drug-likeness (QED) is 0.578. The summed E-state index contributed by atoms with van der Waals surface area (Å²) in [5.41, 5.74) is 1.73. The molecule has 1 N–H and O–H groups in total. The predicted molar refractivity (Wildman–Crippen MR) is 108 cm³/mol. The molecule has 0 fully saturated rings. The van der Waals surface area contributed by atoms with Crippen molar-refractivity contribution in [1.82, 2.24) is 9.55 Å². The molecule has 28 heavy (non-hydrogen) atoms. The number of carboxylic acids is 1. The molecule has 138 valence electrons. The van der Waals surface area contributed by atoms with Crippen LogP contribution in [0.2, 0.25) is 0 Å². The lowest BCUT2D eigenvalue weighted by Crippen LogP contribution is -2.33. The maximum Gasteiger partial charge on any atom is 0.327 e. The van der Waals surface area contributed by atoms with E-state index in [0.717, 1.165) is 5.56 Å².